The molecule has 0 radical (unpaired) electrons. The van der Waals surface area contributed by atoms with Crippen molar-refractivity contribution in [2.45, 2.75) is 30.0 Å². The number of hydrogen-bond acceptors (Lipinski definition) is 1. The Morgan fingerprint density at radius 2 is 1.90 bits per heavy atom. The third-order valence-corrected chi connectivity index (χ3v) is 1.71. The molecule has 4 heteroatoms. The number of Topliss-reactive ketones (excluding diaryl/α,β-unsaturated/α-hetero) is 1. The SMILES string of the molecule is CCCCC(=O)C(Cl)(Cl)Cl. The maximum absolute atomic E-state index is 10.8. The van der Waals surface area contributed by atoms with E-state index in [0.717, 1.165) is 12.8 Å². The monoisotopic (exact) mass is 202 g/mol. The number of halogens is 3. The first-order chi connectivity index (χ1) is 4.48. The number of hydrogen-bond donors (Lipinski definition) is 0. The molecule has 0 aliphatic heterocycles. The molecule has 0 heterocycles. The molecule has 0 unspecified atom stereocenters. The van der Waals surface area contributed by atoms with E-state index in [4.69, 9.17) is 34.8 Å². The van der Waals surface area contributed by atoms with Crippen molar-refractivity contribution in [2.24, 2.45) is 0 Å². The Kier molecular flexibility index (Phi) is 4.66. The van der Waals surface area contributed by atoms with Gasteiger partial charge in [-0.25, -0.2) is 0 Å². The molecule has 10 heavy (non-hydrogen) atoms. The van der Waals surface area contributed by atoms with Crippen LogP contribution in [0.4, 0.5) is 0 Å². The molecule has 0 spiro atoms. The first kappa shape index (κ1) is 10.5. The van der Waals surface area contributed by atoms with E-state index in [1.807, 2.05) is 6.92 Å². The van der Waals surface area contributed by atoms with Crippen LogP contribution in [-0.4, -0.2) is 9.58 Å². The van der Waals surface area contributed by atoms with Crippen LogP contribution in [0.15, 0.2) is 0 Å². The fraction of sp³-hybridized carbons (Fsp3) is 0.833. The van der Waals surface area contributed by atoms with E-state index < -0.39 is 3.79 Å². The Hall–Kier alpha value is 0.540. The quantitative estimate of drug-likeness (QED) is 0.644. The highest BCUT2D eigenvalue weighted by Crippen LogP contribution is 2.28. The van der Waals surface area contributed by atoms with E-state index in [9.17, 15) is 4.79 Å². The highest BCUT2D eigenvalue weighted by atomic mass is 35.6. The average Bonchev–Trinajstić information content (AvgIpc) is 1.80. The minimum atomic E-state index is -1.71. The Bertz CT molecular complexity index is 117. The third kappa shape index (κ3) is 4.37. The molecule has 0 saturated heterocycles. The second kappa shape index (κ2) is 4.42. The van der Waals surface area contributed by atoms with Gasteiger partial charge in [0.2, 0.25) is 3.79 Å². The van der Waals surface area contributed by atoms with Gasteiger partial charge in [0, 0.05) is 6.42 Å². The molecule has 0 aliphatic rings. The summed E-state index contributed by atoms with van der Waals surface area (Å²) in [6.45, 7) is 1.98. The molecule has 0 aromatic heterocycles. The zero-order valence-electron chi connectivity index (χ0n) is 5.66. The second-order valence-corrected chi connectivity index (χ2v) is 4.31. The molecule has 0 aromatic rings. The van der Waals surface area contributed by atoms with Gasteiger partial charge in [0.15, 0.2) is 5.78 Å². The highest BCUT2D eigenvalue weighted by molar-refractivity contribution is 6.76. The summed E-state index contributed by atoms with van der Waals surface area (Å²) in [6, 6.07) is 0. The predicted molar refractivity (Wildman–Crippen MR) is 44.8 cm³/mol. The van der Waals surface area contributed by atoms with E-state index in [0.29, 0.717) is 6.42 Å². The van der Waals surface area contributed by atoms with Crippen LogP contribution >= 0.6 is 34.8 Å². The van der Waals surface area contributed by atoms with Crippen molar-refractivity contribution >= 4 is 40.6 Å². The van der Waals surface area contributed by atoms with Gasteiger partial charge >= 0.3 is 0 Å². The summed E-state index contributed by atoms with van der Waals surface area (Å²) >= 11 is 15.9. The normalized spacial score (nSPS) is 11.6. The molecule has 0 aliphatic carbocycles. The third-order valence-electron chi connectivity index (χ3n) is 1.07. The zero-order chi connectivity index (χ0) is 8.20. The van der Waals surface area contributed by atoms with Crippen molar-refractivity contribution in [1.82, 2.24) is 0 Å². The maximum atomic E-state index is 10.8. The Balaban J connectivity index is 3.64. The van der Waals surface area contributed by atoms with Gasteiger partial charge in [-0.3, -0.25) is 4.79 Å². The molecule has 0 rings (SSSR count). The lowest BCUT2D eigenvalue weighted by Crippen LogP contribution is -2.17. The van der Waals surface area contributed by atoms with Gasteiger partial charge in [0.25, 0.3) is 0 Å². The van der Waals surface area contributed by atoms with E-state index in [1.165, 1.54) is 0 Å². The van der Waals surface area contributed by atoms with Crippen LogP contribution in [0.25, 0.3) is 0 Å². The topological polar surface area (TPSA) is 17.1 Å². The number of alkyl halides is 3. The van der Waals surface area contributed by atoms with Crippen LogP contribution < -0.4 is 0 Å². The first-order valence-electron chi connectivity index (χ1n) is 3.08. The summed E-state index contributed by atoms with van der Waals surface area (Å²) in [5.41, 5.74) is 0. The maximum Gasteiger partial charge on any atom is 0.248 e. The van der Waals surface area contributed by atoms with Crippen LogP contribution in [-0.2, 0) is 4.79 Å². The number of carbonyl (C=O) groups is 1. The molecule has 0 saturated carbocycles. The zero-order valence-corrected chi connectivity index (χ0v) is 7.93. The van der Waals surface area contributed by atoms with Gasteiger partial charge in [-0.1, -0.05) is 48.1 Å². The van der Waals surface area contributed by atoms with E-state index in [-0.39, 0.29) is 5.78 Å². The summed E-state index contributed by atoms with van der Waals surface area (Å²) in [6.07, 6.45) is 2.08. The summed E-state index contributed by atoms with van der Waals surface area (Å²) in [4.78, 5) is 10.8. The number of rotatable bonds is 3. The molecule has 0 fully saturated rings. The van der Waals surface area contributed by atoms with Crippen molar-refractivity contribution in [3.63, 3.8) is 0 Å². The highest BCUT2D eigenvalue weighted by Gasteiger charge is 2.28. The summed E-state index contributed by atoms with van der Waals surface area (Å²) in [7, 11) is 0. The Morgan fingerprint density at radius 1 is 1.40 bits per heavy atom. The minimum absolute atomic E-state index is 0.320. The summed E-state index contributed by atoms with van der Waals surface area (Å²) < 4.78 is -1.71. The minimum Gasteiger partial charge on any atom is -0.295 e. The van der Waals surface area contributed by atoms with Crippen molar-refractivity contribution < 1.29 is 4.79 Å². The van der Waals surface area contributed by atoms with Crippen molar-refractivity contribution in [2.75, 3.05) is 0 Å². The van der Waals surface area contributed by atoms with Gasteiger partial charge in [-0.15, -0.1) is 0 Å². The second-order valence-electron chi connectivity index (χ2n) is 2.02. The summed E-state index contributed by atoms with van der Waals surface area (Å²) in [5, 5.41) is 0. The molecular weight excluding hydrogens is 194 g/mol. The number of ketones is 1. The van der Waals surface area contributed by atoms with E-state index in [1.54, 1.807) is 0 Å². The van der Waals surface area contributed by atoms with Gasteiger partial charge in [0.1, 0.15) is 0 Å². The van der Waals surface area contributed by atoms with Crippen LogP contribution in [0.5, 0.6) is 0 Å². The van der Waals surface area contributed by atoms with Crippen LogP contribution in [0.1, 0.15) is 26.2 Å². The predicted octanol–water partition coefficient (Wildman–Crippen LogP) is 3.12. The van der Waals surface area contributed by atoms with Gasteiger partial charge in [-0.05, 0) is 6.42 Å². The lowest BCUT2D eigenvalue weighted by atomic mass is 10.2. The molecule has 0 amide bonds. The fourth-order valence-electron chi connectivity index (χ4n) is 0.479. The van der Waals surface area contributed by atoms with Gasteiger partial charge in [0.05, 0.1) is 0 Å². The van der Waals surface area contributed by atoms with Crippen LogP contribution in [0.3, 0.4) is 0 Å². The number of unbranched alkanes of at least 4 members (excludes halogenated alkanes) is 1. The smallest absolute Gasteiger partial charge is 0.248 e. The lowest BCUT2D eigenvalue weighted by molar-refractivity contribution is -0.118. The molecular formula is C6H9Cl3O. The average molecular weight is 203 g/mol. The number of carbonyl (C=O) groups excluding carboxylic acids is 1. The molecule has 1 nitrogen and oxygen atoms in total. The molecule has 60 valence electrons. The van der Waals surface area contributed by atoms with Crippen LogP contribution in [0.2, 0.25) is 0 Å². The largest absolute Gasteiger partial charge is 0.295 e. The molecule has 0 aromatic carbocycles. The van der Waals surface area contributed by atoms with Crippen molar-refractivity contribution in [3.8, 4) is 0 Å². The van der Waals surface area contributed by atoms with Gasteiger partial charge in [-0.2, -0.15) is 0 Å². The Labute approximate surface area is 75.6 Å². The standard InChI is InChI=1S/C6H9Cl3O/c1-2-3-4-5(10)6(7,8)9/h2-4H2,1H3. The van der Waals surface area contributed by atoms with E-state index >= 15 is 0 Å². The van der Waals surface area contributed by atoms with Gasteiger partial charge < -0.3 is 0 Å². The first-order valence-corrected chi connectivity index (χ1v) is 4.22. The summed E-state index contributed by atoms with van der Waals surface area (Å²) in [5.74, 6) is -0.320. The lowest BCUT2D eigenvalue weighted by Gasteiger charge is -2.07. The van der Waals surface area contributed by atoms with Crippen molar-refractivity contribution in [3.05, 3.63) is 0 Å². The van der Waals surface area contributed by atoms with Crippen LogP contribution in [0, 0.1) is 0 Å². The molecule has 0 N–H and O–H groups in total. The fourth-order valence-corrected chi connectivity index (χ4v) is 0.763. The molecule has 0 bridgehead atoms. The van der Waals surface area contributed by atoms with Crippen molar-refractivity contribution in [1.29, 1.82) is 0 Å². The Morgan fingerprint density at radius 3 is 2.20 bits per heavy atom. The van der Waals surface area contributed by atoms with E-state index in [2.05, 4.69) is 0 Å². The molecule has 0 atom stereocenters.